The molecule has 74 valence electrons. The first-order valence-electron chi connectivity index (χ1n) is 4.14. The van der Waals surface area contributed by atoms with Crippen molar-refractivity contribution >= 4 is 23.5 Å². The minimum absolute atomic E-state index is 0.173. The number of rotatable bonds is 2. The Bertz CT molecular complexity index is 360. The molecule has 0 saturated carbocycles. The molecule has 0 unspecified atom stereocenters. The van der Waals surface area contributed by atoms with E-state index < -0.39 is 11.9 Å². The van der Waals surface area contributed by atoms with E-state index in [9.17, 15) is 9.59 Å². The Labute approximate surface area is 86.6 Å². The van der Waals surface area contributed by atoms with Crippen LogP contribution in [0.4, 0.5) is 0 Å². The summed E-state index contributed by atoms with van der Waals surface area (Å²) in [6.45, 7) is 1.62. The third-order valence-electron chi connectivity index (χ3n) is 1.56. The molecule has 0 heterocycles. The average Bonchev–Trinajstić information content (AvgIpc) is 2.17. The first-order valence-corrected chi connectivity index (χ1v) is 4.52. The zero-order valence-corrected chi connectivity index (χ0v) is 8.38. The molecule has 0 radical (unpaired) electrons. The van der Waals surface area contributed by atoms with Crippen molar-refractivity contribution in [3.8, 4) is 0 Å². The van der Waals surface area contributed by atoms with Crippen LogP contribution in [-0.2, 0) is 9.53 Å². The molecule has 1 aromatic carbocycles. The minimum Gasteiger partial charge on any atom is -0.389 e. The van der Waals surface area contributed by atoms with Crippen LogP contribution in [0.1, 0.15) is 23.7 Å². The van der Waals surface area contributed by atoms with E-state index >= 15 is 0 Å². The number of benzene rings is 1. The van der Waals surface area contributed by atoms with E-state index in [1.54, 1.807) is 19.1 Å². The first-order chi connectivity index (χ1) is 6.63. The van der Waals surface area contributed by atoms with Crippen LogP contribution < -0.4 is 0 Å². The van der Waals surface area contributed by atoms with Gasteiger partial charge in [0.05, 0.1) is 5.56 Å². The fraction of sp³-hybridized carbons (Fsp3) is 0.200. The normalized spacial score (nSPS) is 9.57. The van der Waals surface area contributed by atoms with Crippen molar-refractivity contribution in [3.05, 3.63) is 34.9 Å². The largest absolute Gasteiger partial charge is 0.389 e. The van der Waals surface area contributed by atoms with Gasteiger partial charge in [0.1, 0.15) is 0 Å². The van der Waals surface area contributed by atoms with Gasteiger partial charge < -0.3 is 4.74 Å². The standard InChI is InChI=1S/C10H9ClO3/c1-2-9(12)14-10(13)7-4-3-5-8(11)6-7/h3-6H,2H2,1H3. The first kappa shape index (κ1) is 10.7. The van der Waals surface area contributed by atoms with E-state index in [0.29, 0.717) is 5.02 Å². The van der Waals surface area contributed by atoms with Crippen molar-refractivity contribution in [1.29, 1.82) is 0 Å². The molecule has 0 aromatic heterocycles. The number of halogens is 1. The molecule has 1 aromatic rings. The van der Waals surface area contributed by atoms with Gasteiger partial charge in [-0.05, 0) is 18.2 Å². The Balaban J connectivity index is 2.75. The van der Waals surface area contributed by atoms with E-state index in [0.717, 1.165) is 0 Å². The summed E-state index contributed by atoms with van der Waals surface area (Å²) in [4.78, 5) is 22.1. The van der Waals surface area contributed by atoms with Gasteiger partial charge in [-0.1, -0.05) is 24.6 Å². The number of hydrogen-bond donors (Lipinski definition) is 0. The van der Waals surface area contributed by atoms with Crippen molar-refractivity contribution < 1.29 is 14.3 Å². The minimum atomic E-state index is -0.667. The fourth-order valence-corrected chi connectivity index (χ4v) is 1.04. The SMILES string of the molecule is CCC(=O)OC(=O)c1cccc(Cl)c1. The second-order valence-electron chi connectivity index (χ2n) is 2.63. The van der Waals surface area contributed by atoms with Gasteiger partial charge in [-0.25, -0.2) is 4.79 Å². The molecule has 0 saturated heterocycles. The molecule has 1 rings (SSSR count). The lowest BCUT2D eigenvalue weighted by molar-refractivity contribution is -0.137. The van der Waals surface area contributed by atoms with Gasteiger partial charge in [0.25, 0.3) is 0 Å². The maximum atomic E-state index is 11.3. The Morgan fingerprint density at radius 2 is 2.14 bits per heavy atom. The quantitative estimate of drug-likeness (QED) is 0.559. The predicted octanol–water partition coefficient (Wildman–Crippen LogP) is 2.43. The lowest BCUT2D eigenvalue weighted by atomic mass is 10.2. The van der Waals surface area contributed by atoms with Crippen LogP contribution in [0.15, 0.2) is 24.3 Å². The summed E-state index contributed by atoms with van der Waals surface area (Å²) in [5.74, 6) is -1.21. The Morgan fingerprint density at radius 3 is 2.71 bits per heavy atom. The molecular weight excluding hydrogens is 204 g/mol. The third kappa shape index (κ3) is 2.85. The fourth-order valence-electron chi connectivity index (χ4n) is 0.850. The molecule has 0 bridgehead atoms. The van der Waals surface area contributed by atoms with Gasteiger partial charge in [-0.15, -0.1) is 0 Å². The summed E-state index contributed by atoms with van der Waals surface area (Å²) in [5, 5.41) is 0.434. The predicted molar refractivity (Wildman–Crippen MR) is 52.2 cm³/mol. The summed E-state index contributed by atoms with van der Waals surface area (Å²) in [7, 11) is 0. The molecule has 0 aliphatic carbocycles. The van der Waals surface area contributed by atoms with Crippen molar-refractivity contribution in [2.75, 3.05) is 0 Å². The topological polar surface area (TPSA) is 43.4 Å². The van der Waals surface area contributed by atoms with E-state index in [1.807, 2.05) is 0 Å². The Morgan fingerprint density at radius 1 is 1.43 bits per heavy atom. The molecular formula is C10H9ClO3. The van der Waals surface area contributed by atoms with Crippen LogP contribution in [0.5, 0.6) is 0 Å². The smallest absolute Gasteiger partial charge is 0.345 e. The van der Waals surface area contributed by atoms with Crippen LogP contribution in [0.2, 0.25) is 5.02 Å². The van der Waals surface area contributed by atoms with E-state index in [1.165, 1.54) is 12.1 Å². The zero-order valence-electron chi connectivity index (χ0n) is 7.62. The molecule has 0 spiro atoms. The maximum Gasteiger partial charge on any atom is 0.345 e. The average molecular weight is 213 g/mol. The Kier molecular flexibility index (Phi) is 3.65. The molecule has 0 aliphatic heterocycles. The number of carbonyl (C=O) groups is 2. The number of ether oxygens (including phenoxy) is 1. The van der Waals surface area contributed by atoms with Gasteiger partial charge in [-0.3, -0.25) is 4.79 Å². The molecule has 0 N–H and O–H groups in total. The lowest BCUT2D eigenvalue weighted by Crippen LogP contribution is -2.11. The molecule has 3 nitrogen and oxygen atoms in total. The molecule has 14 heavy (non-hydrogen) atoms. The number of hydrogen-bond acceptors (Lipinski definition) is 3. The van der Waals surface area contributed by atoms with Gasteiger partial charge >= 0.3 is 11.9 Å². The van der Waals surface area contributed by atoms with Gasteiger partial charge in [0.15, 0.2) is 0 Å². The number of esters is 2. The van der Waals surface area contributed by atoms with E-state index in [4.69, 9.17) is 11.6 Å². The highest BCUT2D eigenvalue weighted by Gasteiger charge is 2.11. The highest BCUT2D eigenvalue weighted by molar-refractivity contribution is 6.30. The summed E-state index contributed by atoms with van der Waals surface area (Å²) in [6, 6.07) is 6.25. The molecule has 0 amide bonds. The summed E-state index contributed by atoms with van der Waals surface area (Å²) in [6.07, 6.45) is 0.173. The molecule has 0 atom stereocenters. The second-order valence-corrected chi connectivity index (χ2v) is 3.06. The Hall–Kier alpha value is -1.35. The molecule has 0 aliphatic rings. The van der Waals surface area contributed by atoms with Crippen molar-refractivity contribution in [3.63, 3.8) is 0 Å². The van der Waals surface area contributed by atoms with Crippen LogP contribution >= 0.6 is 11.6 Å². The lowest BCUT2D eigenvalue weighted by Gasteiger charge is -2.00. The van der Waals surface area contributed by atoms with Gasteiger partial charge in [0, 0.05) is 11.4 Å². The molecule has 4 heteroatoms. The summed E-state index contributed by atoms with van der Waals surface area (Å²) >= 11 is 5.67. The van der Waals surface area contributed by atoms with E-state index in [-0.39, 0.29) is 12.0 Å². The van der Waals surface area contributed by atoms with Crippen LogP contribution in [0.25, 0.3) is 0 Å². The summed E-state index contributed by atoms with van der Waals surface area (Å²) in [5.41, 5.74) is 0.277. The van der Waals surface area contributed by atoms with E-state index in [2.05, 4.69) is 4.74 Å². The van der Waals surface area contributed by atoms with Crippen LogP contribution in [0, 0.1) is 0 Å². The second kappa shape index (κ2) is 4.77. The number of carbonyl (C=O) groups excluding carboxylic acids is 2. The van der Waals surface area contributed by atoms with Crippen molar-refractivity contribution in [2.24, 2.45) is 0 Å². The van der Waals surface area contributed by atoms with Crippen LogP contribution in [0.3, 0.4) is 0 Å². The van der Waals surface area contributed by atoms with Gasteiger partial charge in [0.2, 0.25) is 0 Å². The third-order valence-corrected chi connectivity index (χ3v) is 1.79. The van der Waals surface area contributed by atoms with Crippen molar-refractivity contribution in [2.45, 2.75) is 13.3 Å². The highest BCUT2D eigenvalue weighted by Crippen LogP contribution is 2.11. The highest BCUT2D eigenvalue weighted by atomic mass is 35.5. The van der Waals surface area contributed by atoms with Crippen LogP contribution in [-0.4, -0.2) is 11.9 Å². The maximum absolute atomic E-state index is 11.3. The summed E-state index contributed by atoms with van der Waals surface area (Å²) < 4.78 is 4.50. The van der Waals surface area contributed by atoms with Gasteiger partial charge in [-0.2, -0.15) is 0 Å². The molecule has 0 fully saturated rings. The monoisotopic (exact) mass is 212 g/mol. The zero-order chi connectivity index (χ0) is 10.6. The van der Waals surface area contributed by atoms with Crippen molar-refractivity contribution in [1.82, 2.24) is 0 Å².